The minimum Gasteiger partial charge on any atom is -0.294 e. The van der Waals surface area contributed by atoms with Crippen LogP contribution in [0.3, 0.4) is 0 Å². The van der Waals surface area contributed by atoms with Crippen LogP contribution in [0.4, 0.5) is 0 Å². The second-order valence-corrected chi connectivity index (χ2v) is 4.84. The smallest absolute Gasteiger partial charge is 0.179 e. The first kappa shape index (κ1) is 13.1. The van der Waals surface area contributed by atoms with Crippen LogP contribution in [0.25, 0.3) is 0 Å². The summed E-state index contributed by atoms with van der Waals surface area (Å²) in [5, 5.41) is 1.26. The van der Waals surface area contributed by atoms with Gasteiger partial charge in [0.1, 0.15) is 0 Å². The van der Waals surface area contributed by atoms with E-state index in [1.54, 1.807) is 31.3 Å². The van der Waals surface area contributed by atoms with Crippen LogP contribution >= 0.6 is 23.2 Å². The quantitative estimate of drug-likeness (QED) is 0.622. The molecule has 0 unspecified atom stereocenters. The minimum atomic E-state index is 0.0367. The first-order valence-corrected chi connectivity index (χ1v) is 6.26. The number of hydrogen-bond acceptors (Lipinski definition) is 1. The Balaban J connectivity index is 2.34. The molecule has 0 spiro atoms. The molecule has 0 saturated carbocycles. The van der Waals surface area contributed by atoms with Crippen molar-refractivity contribution in [1.82, 2.24) is 0 Å². The maximum absolute atomic E-state index is 11.3. The van der Waals surface area contributed by atoms with Gasteiger partial charge in [-0.25, -0.2) is 0 Å². The third-order valence-electron chi connectivity index (χ3n) is 2.67. The third-order valence-corrected chi connectivity index (χ3v) is 3.38. The fourth-order valence-electron chi connectivity index (χ4n) is 1.69. The average Bonchev–Trinajstić information content (AvgIpc) is 2.34. The molecule has 0 aliphatic rings. The molecule has 2 aromatic rings. The van der Waals surface area contributed by atoms with E-state index in [-0.39, 0.29) is 5.78 Å². The minimum absolute atomic E-state index is 0.0367. The summed E-state index contributed by atoms with van der Waals surface area (Å²) >= 11 is 12.2. The van der Waals surface area contributed by atoms with E-state index in [9.17, 15) is 4.79 Å². The molecule has 0 amide bonds. The van der Waals surface area contributed by atoms with Crippen LogP contribution in [0.15, 0.2) is 42.7 Å². The molecule has 0 saturated heterocycles. The van der Waals surface area contributed by atoms with Crippen molar-refractivity contribution in [2.45, 2.75) is 13.5 Å². The van der Waals surface area contributed by atoms with Crippen molar-refractivity contribution in [3.05, 3.63) is 63.9 Å². The van der Waals surface area contributed by atoms with Crippen LogP contribution < -0.4 is 4.57 Å². The van der Waals surface area contributed by atoms with Gasteiger partial charge in [-0.3, -0.25) is 4.79 Å². The van der Waals surface area contributed by atoms with E-state index in [1.807, 2.05) is 22.9 Å². The van der Waals surface area contributed by atoms with E-state index in [1.165, 1.54) is 0 Å². The molecule has 4 heteroatoms. The number of hydrogen-bond donors (Lipinski definition) is 0. The Kier molecular flexibility index (Phi) is 4.00. The first-order valence-electron chi connectivity index (χ1n) is 5.51. The Hall–Kier alpha value is -1.38. The summed E-state index contributed by atoms with van der Waals surface area (Å²) < 4.78 is 1.89. The number of Topliss-reactive ketones (excluding diaryl/α,β-unsaturated/α-hetero) is 1. The van der Waals surface area contributed by atoms with Gasteiger partial charge >= 0.3 is 0 Å². The van der Waals surface area contributed by atoms with Crippen LogP contribution in [0.5, 0.6) is 0 Å². The van der Waals surface area contributed by atoms with Crippen molar-refractivity contribution in [3.63, 3.8) is 0 Å². The van der Waals surface area contributed by atoms with Gasteiger partial charge in [0.2, 0.25) is 0 Å². The average molecular weight is 281 g/mol. The Labute approximate surface area is 116 Å². The van der Waals surface area contributed by atoms with Crippen molar-refractivity contribution in [2.24, 2.45) is 0 Å². The molecule has 18 heavy (non-hydrogen) atoms. The van der Waals surface area contributed by atoms with E-state index in [4.69, 9.17) is 23.2 Å². The number of ketones is 1. The number of rotatable bonds is 3. The van der Waals surface area contributed by atoms with Gasteiger partial charge in [-0.2, -0.15) is 4.57 Å². The molecule has 1 aromatic carbocycles. The zero-order valence-corrected chi connectivity index (χ0v) is 11.4. The molecule has 0 aliphatic carbocycles. The van der Waals surface area contributed by atoms with Gasteiger partial charge in [-0.05, 0) is 25.1 Å². The Morgan fingerprint density at radius 3 is 2.44 bits per heavy atom. The van der Waals surface area contributed by atoms with Gasteiger partial charge in [0.05, 0.1) is 21.2 Å². The van der Waals surface area contributed by atoms with E-state index in [2.05, 4.69) is 0 Å². The van der Waals surface area contributed by atoms with E-state index < -0.39 is 0 Å². The van der Waals surface area contributed by atoms with E-state index in [0.717, 1.165) is 5.56 Å². The summed E-state index contributed by atoms with van der Waals surface area (Å²) in [5.74, 6) is 0.0367. The maximum Gasteiger partial charge on any atom is 0.179 e. The van der Waals surface area contributed by atoms with Crippen LogP contribution in [-0.4, -0.2) is 5.78 Å². The number of halogens is 2. The number of pyridine rings is 1. The molecule has 0 bridgehead atoms. The Morgan fingerprint density at radius 1 is 1.17 bits per heavy atom. The van der Waals surface area contributed by atoms with Crippen molar-refractivity contribution in [3.8, 4) is 0 Å². The van der Waals surface area contributed by atoms with E-state index >= 15 is 0 Å². The zero-order chi connectivity index (χ0) is 13.1. The van der Waals surface area contributed by atoms with Crippen molar-refractivity contribution < 1.29 is 9.36 Å². The monoisotopic (exact) mass is 280 g/mol. The molecule has 1 aromatic heterocycles. The lowest BCUT2D eigenvalue weighted by atomic mass is 10.2. The molecule has 92 valence electrons. The highest BCUT2D eigenvalue weighted by Gasteiger charge is 2.12. The number of carbonyl (C=O) groups is 1. The SMILES string of the molecule is CC(=O)c1ccc[n+](Cc2c(Cl)cccc2Cl)c1. The number of nitrogens with zero attached hydrogens (tertiary/aromatic N) is 1. The standard InChI is InChI=1S/C14H12Cl2NO/c1-10(18)11-4-3-7-17(8-11)9-12-13(15)5-2-6-14(12)16/h2-8H,9H2,1H3/q+1. The molecular formula is C14H12Cl2NO+. The zero-order valence-electron chi connectivity index (χ0n) is 9.86. The summed E-state index contributed by atoms with van der Waals surface area (Å²) in [6.07, 6.45) is 3.67. The van der Waals surface area contributed by atoms with Crippen molar-refractivity contribution >= 4 is 29.0 Å². The highest BCUT2D eigenvalue weighted by atomic mass is 35.5. The lowest BCUT2D eigenvalue weighted by Crippen LogP contribution is -2.34. The Morgan fingerprint density at radius 2 is 1.83 bits per heavy atom. The first-order chi connectivity index (χ1) is 8.58. The van der Waals surface area contributed by atoms with Gasteiger partial charge in [-0.1, -0.05) is 29.3 Å². The summed E-state index contributed by atoms with van der Waals surface area (Å²) in [6, 6.07) is 9.04. The molecule has 1 heterocycles. The topological polar surface area (TPSA) is 20.9 Å². The van der Waals surface area contributed by atoms with Gasteiger partial charge in [0.25, 0.3) is 0 Å². The highest BCUT2D eigenvalue weighted by molar-refractivity contribution is 6.35. The summed E-state index contributed by atoms with van der Waals surface area (Å²) in [4.78, 5) is 11.3. The normalized spacial score (nSPS) is 10.4. The van der Waals surface area contributed by atoms with Crippen LogP contribution in [0.1, 0.15) is 22.8 Å². The fourth-order valence-corrected chi connectivity index (χ4v) is 2.21. The molecular weight excluding hydrogens is 269 g/mol. The largest absolute Gasteiger partial charge is 0.294 e. The number of carbonyl (C=O) groups excluding carboxylic acids is 1. The van der Waals surface area contributed by atoms with Crippen LogP contribution in [0, 0.1) is 0 Å². The van der Waals surface area contributed by atoms with Crippen LogP contribution in [0.2, 0.25) is 10.0 Å². The summed E-state index contributed by atoms with van der Waals surface area (Å²) in [6.45, 7) is 2.09. The molecule has 0 N–H and O–H groups in total. The lowest BCUT2D eigenvalue weighted by Gasteiger charge is -2.04. The molecule has 0 radical (unpaired) electrons. The second-order valence-electron chi connectivity index (χ2n) is 4.02. The summed E-state index contributed by atoms with van der Waals surface area (Å²) in [7, 11) is 0. The predicted octanol–water partition coefficient (Wildman–Crippen LogP) is 3.53. The van der Waals surface area contributed by atoms with Gasteiger partial charge in [-0.15, -0.1) is 0 Å². The van der Waals surface area contributed by atoms with Gasteiger partial charge in [0.15, 0.2) is 24.7 Å². The van der Waals surface area contributed by atoms with Crippen molar-refractivity contribution in [2.75, 3.05) is 0 Å². The van der Waals surface area contributed by atoms with E-state index in [0.29, 0.717) is 22.2 Å². The summed E-state index contributed by atoms with van der Waals surface area (Å²) in [5.41, 5.74) is 1.52. The maximum atomic E-state index is 11.3. The third kappa shape index (κ3) is 2.89. The van der Waals surface area contributed by atoms with Gasteiger partial charge < -0.3 is 0 Å². The molecule has 0 aliphatic heterocycles. The molecule has 0 fully saturated rings. The number of aromatic nitrogens is 1. The molecule has 2 nitrogen and oxygen atoms in total. The van der Waals surface area contributed by atoms with Crippen LogP contribution in [-0.2, 0) is 6.54 Å². The Bertz CT molecular complexity index is 576. The highest BCUT2D eigenvalue weighted by Crippen LogP contribution is 2.23. The molecule has 2 rings (SSSR count). The number of benzene rings is 1. The second kappa shape index (κ2) is 5.51. The predicted molar refractivity (Wildman–Crippen MR) is 72.2 cm³/mol. The lowest BCUT2D eigenvalue weighted by molar-refractivity contribution is -0.688. The molecule has 0 atom stereocenters. The fraction of sp³-hybridized carbons (Fsp3) is 0.143. The van der Waals surface area contributed by atoms with Crippen molar-refractivity contribution in [1.29, 1.82) is 0 Å². The van der Waals surface area contributed by atoms with Gasteiger partial charge in [0, 0.05) is 6.07 Å².